The van der Waals surface area contributed by atoms with E-state index < -0.39 is 0 Å². The summed E-state index contributed by atoms with van der Waals surface area (Å²) in [6.07, 6.45) is 9.26. The third kappa shape index (κ3) is 2.16. The SMILES string of the molecule is CC(C)(C)n1cc2c3ccccc3c3cn(C(C)(C)C)cc3c2c1. The average molecular weight is 318 g/mol. The van der Waals surface area contributed by atoms with Gasteiger partial charge in [0.2, 0.25) is 0 Å². The Morgan fingerprint density at radius 1 is 0.500 bits per heavy atom. The molecule has 0 bridgehead atoms. The Kier molecular flexibility index (Phi) is 2.97. The van der Waals surface area contributed by atoms with Gasteiger partial charge in [-0.15, -0.1) is 0 Å². The van der Waals surface area contributed by atoms with Gasteiger partial charge in [-0.2, -0.15) is 0 Å². The Bertz CT molecular complexity index is 976. The molecule has 0 saturated carbocycles. The molecule has 4 rings (SSSR count). The number of aromatic nitrogens is 2. The van der Waals surface area contributed by atoms with Crippen LogP contribution in [0.5, 0.6) is 0 Å². The van der Waals surface area contributed by atoms with E-state index in [0.717, 1.165) is 0 Å². The van der Waals surface area contributed by atoms with Gasteiger partial charge < -0.3 is 9.13 Å². The normalized spacial score (nSPS) is 13.4. The smallest absolute Gasteiger partial charge is 0.0356 e. The second-order valence-electron chi connectivity index (χ2n) is 8.87. The molecule has 0 atom stereocenters. The van der Waals surface area contributed by atoms with Crippen molar-refractivity contribution in [1.82, 2.24) is 9.13 Å². The zero-order valence-electron chi connectivity index (χ0n) is 15.5. The van der Waals surface area contributed by atoms with Gasteiger partial charge in [0.25, 0.3) is 0 Å². The Morgan fingerprint density at radius 2 is 0.792 bits per heavy atom. The molecular formula is C22H26N2. The van der Waals surface area contributed by atoms with Gasteiger partial charge in [0.1, 0.15) is 0 Å². The predicted molar refractivity (Wildman–Crippen MR) is 105 cm³/mol. The van der Waals surface area contributed by atoms with E-state index >= 15 is 0 Å². The van der Waals surface area contributed by atoms with E-state index in [4.69, 9.17) is 0 Å². The molecular weight excluding hydrogens is 292 g/mol. The topological polar surface area (TPSA) is 9.86 Å². The van der Waals surface area contributed by atoms with Crippen molar-refractivity contribution in [3.05, 3.63) is 49.1 Å². The summed E-state index contributed by atoms with van der Waals surface area (Å²) in [6, 6.07) is 8.78. The average Bonchev–Trinajstić information content (AvgIpc) is 3.11. The monoisotopic (exact) mass is 318 g/mol. The molecule has 0 amide bonds. The molecule has 0 radical (unpaired) electrons. The van der Waals surface area contributed by atoms with Gasteiger partial charge in [0.05, 0.1) is 0 Å². The summed E-state index contributed by atoms with van der Waals surface area (Å²) in [6.45, 7) is 13.5. The summed E-state index contributed by atoms with van der Waals surface area (Å²) in [5.41, 5.74) is 0.165. The Balaban J connectivity index is 2.22. The highest BCUT2D eigenvalue weighted by atomic mass is 15.0. The molecule has 0 aliphatic rings. The molecule has 4 aromatic rings. The summed E-state index contributed by atoms with van der Waals surface area (Å²) in [7, 11) is 0. The van der Waals surface area contributed by atoms with Gasteiger partial charge in [0, 0.05) is 57.4 Å². The molecule has 2 nitrogen and oxygen atoms in total. The van der Waals surface area contributed by atoms with Crippen LogP contribution in [-0.2, 0) is 11.1 Å². The van der Waals surface area contributed by atoms with E-state index in [1.807, 2.05) is 0 Å². The summed E-state index contributed by atoms with van der Waals surface area (Å²) in [4.78, 5) is 0. The van der Waals surface area contributed by atoms with E-state index in [1.54, 1.807) is 0 Å². The molecule has 0 saturated heterocycles. The second kappa shape index (κ2) is 4.66. The van der Waals surface area contributed by atoms with Gasteiger partial charge in [-0.05, 0) is 52.3 Å². The highest BCUT2D eigenvalue weighted by Crippen LogP contribution is 2.38. The lowest BCUT2D eigenvalue weighted by Crippen LogP contribution is -2.19. The minimum absolute atomic E-state index is 0.0824. The number of benzene rings is 2. The highest BCUT2D eigenvalue weighted by molar-refractivity contribution is 6.25. The highest BCUT2D eigenvalue weighted by Gasteiger charge is 2.19. The van der Waals surface area contributed by atoms with E-state index in [-0.39, 0.29) is 11.1 Å². The molecule has 2 heterocycles. The van der Waals surface area contributed by atoms with Crippen molar-refractivity contribution in [2.75, 3.05) is 0 Å². The predicted octanol–water partition coefficient (Wildman–Crippen LogP) is 6.26. The van der Waals surface area contributed by atoms with Crippen LogP contribution in [0.1, 0.15) is 41.5 Å². The molecule has 2 aromatic carbocycles. The lowest BCUT2D eigenvalue weighted by molar-refractivity contribution is 0.399. The maximum Gasteiger partial charge on any atom is 0.0356 e. The van der Waals surface area contributed by atoms with Crippen molar-refractivity contribution < 1.29 is 0 Å². The van der Waals surface area contributed by atoms with E-state index in [0.29, 0.717) is 0 Å². The third-order valence-electron chi connectivity index (χ3n) is 5.00. The summed E-state index contributed by atoms with van der Waals surface area (Å²) in [5.74, 6) is 0. The van der Waals surface area contributed by atoms with Gasteiger partial charge in [0.15, 0.2) is 0 Å². The molecule has 0 N–H and O–H groups in total. The quantitative estimate of drug-likeness (QED) is 0.362. The number of rotatable bonds is 0. The molecule has 0 fully saturated rings. The fourth-order valence-electron chi connectivity index (χ4n) is 3.50. The van der Waals surface area contributed by atoms with Gasteiger partial charge in [-0.3, -0.25) is 0 Å². The molecule has 0 spiro atoms. The Morgan fingerprint density at radius 3 is 1.08 bits per heavy atom. The number of fused-ring (bicyclic) bond motifs is 6. The minimum atomic E-state index is 0.0824. The molecule has 0 aliphatic heterocycles. The zero-order chi connectivity index (χ0) is 17.3. The van der Waals surface area contributed by atoms with Crippen LogP contribution in [0, 0.1) is 0 Å². The third-order valence-corrected chi connectivity index (χ3v) is 5.00. The summed E-state index contributed by atoms with van der Waals surface area (Å²) >= 11 is 0. The second-order valence-corrected chi connectivity index (χ2v) is 8.87. The van der Waals surface area contributed by atoms with Crippen molar-refractivity contribution in [1.29, 1.82) is 0 Å². The van der Waals surface area contributed by atoms with E-state index in [2.05, 4.69) is 99.7 Å². The van der Waals surface area contributed by atoms with Gasteiger partial charge in [-0.1, -0.05) is 24.3 Å². The first-order chi connectivity index (χ1) is 11.2. The van der Waals surface area contributed by atoms with Crippen molar-refractivity contribution >= 4 is 32.3 Å². The first-order valence-corrected chi connectivity index (χ1v) is 8.71. The molecule has 2 heteroatoms. The van der Waals surface area contributed by atoms with Gasteiger partial charge in [-0.25, -0.2) is 0 Å². The van der Waals surface area contributed by atoms with Crippen molar-refractivity contribution in [2.45, 2.75) is 52.6 Å². The zero-order valence-corrected chi connectivity index (χ0v) is 15.5. The van der Waals surface area contributed by atoms with Crippen LogP contribution in [0.15, 0.2) is 49.1 Å². The standard InChI is InChI=1S/C22H26N2/c1-21(2,3)23-11-17-15-9-7-8-10-16(15)18-12-24(22(4,5)6)14-20(18)19(17)13-23/h7-14H,1-6H3. The largest absolute Gasteiger partial charge is 0.348 e. The maximum atomic E-state index is 2.35. The minimum Gasteiger partial charge on any atom is -0.348 e. The van der Waals surface area contributed by atoms with Crippen LogP contribution < -0.4 is 0 Å². The van der Waals surface area contributed by atoms with Gasteiger partial charge >= 0.3 is 0 Å². The first-order valence-electron chi connectivity index (χ1n) is 8.71. The fourth-order valence-corrected chi connectivity index (χ4v) is 3.50. The molecule has 124 valence electrons. The van der Waals surface area contributed by atoms with Crippen molar-refractivity contribution in [3.8, 4) is 0 Å². The van der Waals surface area contributed by atoms with Crippen LogP contribution in [0.25, 0.3) is 32.3 Å². The van der Waals surface area contributed by atoms with Crippen LogP contribution in [0.4, 0.5) is 0 Å². The summed E-state index contributed by atoms with van der Waals surface area (Å²) < 4.78 is 4.69. The summed E-state index contributed by atoms with van der Waals surface area (Å²) in [5, 5.41) is 8.08. The molecule has 2 aromatic heterocycles. The lowest BCUT2D eigenvalue weighted by Gasteiger charge is -2.21. The molecule has 24 heavy (non-hydrogen) atoms. The van der Waals surface area contributed by atoms with Crippen LogP contribution in [-0.4, -0.2) is 9.13 Å². The van der Waals surface area contributed by atoms with Crippen LogP contribution in [0.2, 0.25) is 0 Å². The van der Waals surface area contributed by atoms with E-state index in [1.165, 1.54) is 32.3 Å². The van der Waals surface area contributed by atoms with Crippen LogP contribution in [0.3, 0.4) is 0 Å². The number of nitrogens with zero attached hydrogens (tertiary/aromatic N) is 2. The Labute approximate surface area is 143 Å². The van der Waals surface area contributed by atoms with Crippen LogP contribution >= 0.6 is 0 Å². The molecule has 0 unspecified atom stereocenters. The molecule has 0 aliphatic carbocycles. The van der Waals surface area contributed by atoms with Crippen molar-refractivity contribution in [2.24, 2.45) is 0 Å². The number of hydrogen-bond acceptors (Lipinski definition) is 0. The van der Waals surface area contributed by atoms with E-state index in [9.17, 15) is 0 Å². The lowest BCUT2D eigenvalue weighted by atomic mass is 10.0. The Hall–Kier alpha value is -2.22. The number of hydrogen-bond donors (Lipinski definition) is 0. The van der Waals surface area contributed by atoms with Crippen molar-refractivity contribution in [3.63, 3.8) is 0 Å². The first kappa shape index (κ1) is 15.3. The maximum absolute atomic E-state index is 2.35. The fraction of sp³-hybridized carbons (Fsp3) is 0.364.